The largest absolute Gasteiger partial charge is 0.363 e. The van der Waals surface area contributed by atoms with Crippen LogP contribution in [0, 0.1) is 0 Å². The van der Waals surface area contributed by atoms with Crippen LogP contribution in [-0.4, -0.2) is 22.6 Å². The Morgan fingerprint density at radius 1 is 1.32 bits per heavy atom. The number of thiophene rings is 1. The van der Waals surface area contributed by atoms with Gasteiger partial charge in [0, 0.05) is 35.5 Å². The second-order valence-electron chi connectivity index (χ2n) is 5.22. The van der Waals surface area contributed by atoms with Crippen molar-refractivity contribution in [3.05, 3.63) is 57.2 Å². The Hall–Kier alpha value is -1.10. The lowest BCUT2D eigenvalue weighted by Crippen LogP contribution is -2.45. The molecular weight excluding hydrogens is 332 g/mol. The lowest BCUT2D eigenvalue weighted by Gasteiger charge is -2.32. The maximum Gasteiger partial charge on any atom is 0.169 e. The van der Waals surface area contributed by atoms with Crippen molar-refractivity contribution < 1.29 is 0 Å². The molecule has 0 aliphatic rings. The van der Waals surface area contributed by atoms with E-state index in [0.717, 1.165) is 29.6 Å². The Balaban J connectivity index is 2.10. The Bertz CT molecular complexity index is 581. The Morgan fingerprint density at radius 3 is 2.64 bits per heavy atom. The first-order chi connectivity index (χ1) is 10.6. The summed E-state index contributed by atoms with van der Waals surface area (Å²) in [6.45, 7) is 5.91. The van der Waals surface area contributed by atoms with Crippen molar-refractivity contribution in [2.45, 2.75) is 32.9 Å². The summed E-state index contributed by atoms with van der Waals surface area (Å²) >= 11 is 13.3. The number of hydrogen-bond acceptors (Lipinski definition) is 2. The third-order valence-corrected chi connectivity index (χ3v) is 4.99. The molecule has 2 nitrogen and oxygen atoms in total. The SMILES string of the molecule is CCNC(=S)N(Cc1ccc(Cl)cc1)[C@@H](C)Cc1cccs1. The molecule has 0 unspecified atom stereocenters. The van der Waals surface area contributed by atoms with Crippen molar-refractivity contribution in [1.82, 2.24) is 10.2 Å². The highest BCUT2D eigenvalue weighted by Crippen LogP contribution is 2.18. The number of benzene rings is 1. The van der Waals surface area contributed by atoms with Crippen molar-refractivity contribution in [3.8, 4) is 0 Å². The fraction of sp³-hybridized carbons (Fsp3) is 0.353. The van der Waals surface area contributed by atoms with Crippen LogP contribution in [0.15, 0.2) is 41.8 Å². The Morgan fingerprint density at radius 2 is 2.05 bits per heavy atom. The molecule has 0 fully saturated rings. The van der Waals surface area contributed by atoms with Crippen LogP contribution < -0.4 is 5.32 Å². The van der Waals surface area contributed by atoms with Crippen LogP contribution in [0.25, 0.3) is 0 Å². The molecule has 0 aliphatic carbocycles. The molecule has 1 N–H and O–H groups in total. The molecule has 0 saturated heterocycles. The van der Waals surface area contributed by atoms with Gasteiger partial charge in [-0.25, -0.2) is 0 Å². The van der Waals surface area contributed by atoms with Crippen molar-refractivity contribution in [3.63, 3.8) is 0 Å². The van der Waals surface area contributed by atoms with Gasteiger partial charge in [0.15, 0.2) is 5.11 Å². The van der Waals surface area contributed by atoms with E-state index in [-0.39, 0.29) is 0 Å². The van der Waals surface area contributed by atoms with Gasteiger partial charge in [0.25, 0.3) is 0 Å². The molecule has 1 heterocycles. The normalized spacial score (nSPS) is 12.0. The van der Waals surface area contributed by atoms with Gasteiger partial charge >= 0.3 is 0 Å². The average Bonchev–Trinajstić information content (AvgIpc) is 2.99. The molecule has 0 radical (unpaired) electrons. The first-order valence-electron chi connectivity index (χ1n) is 7.41. The fourth-order valence-electron chi connectivity index (χ4n) is 2.30. The third-order valence-electron chi connectivity index (χ3n) is 3.46. The van der Waals surface area contributed by atoms with Crippen molar-refractivity contribution in [2.24, 2.45) is 0 Å². The summed E-state index contributed by atoms with van der Waals surface area (Å²) in [4.78, 5) is 3.63. The first-order valence-corrected chi connectivity index (χ1v) is 9.08. The second kappa shape index (κ2) is 8.51. The van der Waals surface area contributed by atoms with Crippen LogP contribution in [0.5, 0.6) is 0 Å². The van der Waals surface area contributed by atoms with Crippen LogP contribution in [0.4, 0.5) is 0 Å². The molecule has 0 saturated carbocycles. The van der Waals surface area contributed by atoms with Crippen LogP contribution in [0.2, 0.25) is 5.02 Å². The summed E-state index contributed by atoms with van der Waals surface area (Å²) in [6, 6.07) is 12.6. The zero-order valence-electron chi connectivity index (χ0n) is 12.9. The fourth-order valence-corrected chi connectivity index (χ4v) is 3.64. The maximum absolute atomic E-state index is 5.97. The molecule has 22 heavy (non-hydrogen) atoms. The number of rotatable bonds is 6. The van der Waals surface area contributed by atoms with Crippen molar-refractivity contribution in [2.75, 3.05) is 6.54 Å². The van der Waals surface area contributed by atoms with Crippen molar-refractivity contribution in [1.29, 1.82) is 0 Å². The van der Waals surface area contributed by atoms with E-state index in [1.165, 1.54) is 10.4 Å². The monoisotopic (exact) mass is 352 g/mol. The number of halogens is 1. The molecule has 0 aliphatic heterocycles. The lowest BCUT2D eigenvalue weighted by molar-refractivity contribution is 0.318. The number of nitrogens with one attached hydrogen (secondary N) is 1. The van der Waals surface area contributed by atoms with E-state index >= 15 is 0 Å². The molecule has 0 bridgehead atoms. The highest BCUT2D eigenvalue weighted by atomic mass is 35.5. The second-order valence-corrected chi connectivity index (χ2v) is 7.08. The molecule has 5 heteroatoms. The van der Waals surface area contributed by atoms with E-state index in [4.69, 9.17) is 23.8 Å². The molecule has 1 aromatic heterocycles. The predicted molar refractivity (Wildman–Crippen MR) is 101 cm³/mol. The minimum Gasteiger partial charge on any atom is -0.363 e. The Labute approximate surface area is 147 Å². The smallest absolute Gasteiger partial charge is 0.169 e. The van der Waals surface area contributed by atoms with E-state index in [1.807, 2.05) is 12.1 Å². The number of hydrogen-bond donors (Lipinski definition) is 1. The van der Waals surface area contributed by atoms with Gasteiger partial charge in [0.1, 0.15) is 0 Å². The highest BCUT2D eigenvalue weighted by molar-refractivity contribution is 7.80. The molecule has 2 aromatic rings. The zero-order chi connectivity index (χ0) is 15.9. The summed E-state index contributed by atoms with van der Waals surface area (Å²) in [7, 11) is 0. The molecule has 2 rings (SSSR count). The highest BCUT2D eigenvalue weighted by Gasteiger charge is 2.18. The topological polar surface area (TPSA) is 15.3 Å². The van der Waals surface area contributed by atoms with Gasteiger partial charge in [0.05, 0.1) is 0 Å². The molecular formula is C17H21ClN2S2. The van der Waals surface area contributed by atoms with E-state index in [9.17, 15) is 0 Å². The zero-order valence-corrected chi connectivity index (χ0v) is 15.3. The van der Waals surface area contributed by atoms with Gasteiger partial charge in [0.2, 0.25) is 0 Å². The van der Waals surface area contributed by atoms with E-state index < -0.39 is 0 Å². The first kappa shape index (κ1) is 17.3. The number of thiocarbonyl (C=S) groups is 1. The summed E-state index contributed by atoms with van der Waals surface area (Å²) in [6.07, 6.45) is 0.997. The van der Waals surface area contributed by atoms with Crippen LogP contribution in [-0.2, 0) is 13.0 Å². The predicted octanol–water partition coefficient (Wildman–Crippen LogP) is 4.73. The Kier molecular flexibility index (Phi) is 6.68. The van der Waals surface area contributed by atoms with Crippen LogP contribution in [0.3, 0.4) is 0 Å². The average molecular weight is 353 g/mol. The molecule has 1 atom stereocenters. The van der Waals surface area contributed by atoms with Crippen LogP contribution in [0.1, 0.15) is 24.3 Å². The summed E-state index contributed by atoms with van der Waals surface area (Å²) in [5.74, 6) is 0. The molecule has 0 spiro atoms. The lowest BCUT2D eigenvalue weighted by atomic mass is 10.1. The standard InChI is InChI=1S/C17H21ClN2S2/c1-3-19-17(21)20(12-14-6-8-15(18)9-7-14)13(2)11-16-5-4-10-22-16/h4-10,13H,3,11-12H2,1-2H3,(H,19,21)/t13-/m0/s1. The summed E-state index contributed by atoms with van der Waals surface area (Å²) < 4.78 is 0. The van der Waals surface area contributed by atoms with E-state index in [2.05, 4.69) is 53.7 Å². The van der Waals surface area contributed by atoms with Gasteiger partial charge < -0.3 is 10.2 Å². The maximum atomic E-state index is 5.97. The van der Waals surface area contributed by atoms with E-state index in [0.29, 0.717) is 6.04 Å². The van der Waals surface area contributed by atoms with Crippen LogP contribution >= 0.6 is 35.2 Å². The summed E-state index contributed by atoms with van der Waals surface area (Å²) in [5, 5.41) is 6.96. The van der Waals surface area contributed by atoms with Gasteiger partial charge in [-0.05, 0) is 55.2 Å². The van der Waals surface area contributed by atoms with Gasteiger partial charge in [-0.2, -0.15) is 0 Å². The number of nitrogens with zero attached hydrogens (tertiary/aromatic N) is 1. The minimum atomic E-state index is 0.334. The van der Waals surface area contributed by atoms with Gasteiger partial charge in [-0.15, -0.1) is 11.3 Å². The van der Waals surface area contributed by atoms with Gasteiger partial charge in [-0.1, -0.05) is 29.8 Å². The molecule has 0 amide bonds. The van der Waals surface area contributed by atoms with Gasteiger partial charge in [-0.3, -0.25) is 0 Å². The molecule has 118 valence electrons. The third kappa shape index (κ3) is 4.97. The molecule has 1 aromatic carbocycles. The minimum absolute atomic E-state index is 0.334. The van der Waals surface area contributed by atoms with E-state index in [1.54, 1.807) is 11.3 Å². The quantitative estimate of drug-likeness (QED) is 0.756. The van der Waals surface area contributed by atoms with Crippen molar-refractivity contribution >= 4 is 40.3 Å². The summed E-state index contributed by atoms with van der Waals surface area (Å²) in [5.41, 5.74) is 1.21.